The molecule has 1 saturated carbocycles. The Morgan fingerprint density at radius 1 is 1.30 bits per heavy atom. The monoisotopic (exact) mass is 277 g/mol. The number of rotatable bonds is 4. The molecule has 0 atom stereocenters. The van der Waals surface area contributed by atoms with Gasteiger partial charge in [-0.05, 0) is 58.5 Å². The van der Waals surface area contributed by atoms with Crippen LogP contribution in [0, 0.1) is 19.8 Å². The van der Waals surface area contributed by atoms with Crippen LogP contribution in [0.2, 0.25) is 0 Å². The van der Waals surface area contributed by atoms with Crippen LogP contribution in [0.4, 0.5) is 0 Å². The zero-order valence-electron chi connectivity index (χ0n) is 12.3. The summed E-state index contributed by atoms with van der Waals surface area (Å²) in [5.74, 6) is 1.38. The number of carbonyl (C=O) groups excluding carboxylic acids is 1. The van der Waals surface area contributed by atoms with Crippen molar-refractivity contribution in [3.63, 3.8) is 0 Å². The van der Waals surface area contributed by atoms with Gasteiger partial charge in [-0.15, -0.1) is 0 Å². The summed E-state index contributed by atoms with van der Waals surface area (Å²) in [4.78, 5) is 14.9. The lowest BCUT2D eigenvalue weighted by Crippen LogP contribution is -2.40. The van der Waals surface area contributed by atoms with Crippen LogP contribution >= 0.6 is 0 Å². The minimum Gasteiger partial charge on any atom is -0.361 e. The predicted molar refractivity (Wildman–Crippen MR) is 75.6 cm³/mol. The molecule has 5 heteroatoms. The first-order valence-electron chi connectivity index (χ1n) is 7.61. The van der Waals surface area contributed by atoms with Gasteiger partial charge in [-0.1, -0.05) is 5.16 Å². The van der Waals surface area contributed by atoms with Crippen molar-refractivity contribution in [2.24, 2.45) is 5.92 Å². The Labute approximate surface area is 119 Å². The summed E-state index contributed by atoms with van der Waals surface area (Å²) >= 11 is 0. The van der Waals surface area contributed by atoms with E-state index in [4.69, 9.17) is 4.52 Å². The molecule has 0 bridgehead atoms. The second-order valence-electron chi connectivity index (χ2n) is 6.08. The molecule has 5 nitrogen and oxygen atoms in total. The summed E-state index contributed by atoms with van der Waals surface area (Å²) in [7, 11) is 0. The summed E-state index contributed by atoms with van der Waals surface area (Å²) in [6.45, 7) is 6.70. The number of hydrogen-bond donors (Lipinski definition) is 1. The first kappa shape index (κ1) is 13.6. The topological polar surface area (TPSA) is 58.4 Å². The number of nitrogens with zero attached hydrogens (tertiary/aromatic N) is 2. The highest BCUT2D eigenvalue weighted by atomic mass is 16.5. The summed E-state index contributed by atoms with van der Waals surface area (Å²) in [6.07, 6.45) is 4.61. The Kier molecular flexibility index (Phi) is 3.78. The third-order valence-corrected chi connectivity index (χ3v) is 4.41. The number of piperidine rings is 1. The fraction of sp³-hybridized carbons (Fsp3) is 0.733. The number of hydrogen-bond acceptors (Lipinski definition) is 4. The zero-order chi connectivity index (χ0) is 14.1. The lowest BCUT2D eigenvalue weighted by Gasteiger charge is -2.30. The second kappa shape index (κ2) is 5.56. The highest BCUT2D eigenvalue weighted by Crippen LogP contribution is 2.31. The van der Waals surface area contributed by atoms with E-state index < -0.39 is 0 Å². The maximum atomic E-state index is 12.8. The van der Waals surface area contributed by atoms with Crippen LogP contribution in [-0.4, -0.2) is 41.6 Å². The molecule has 2 heterocycles. The van der Waals surface area contributed by atoms with Crippen LogP contribution < -0.4 is 5.32 Å². The van der Waals surface area contributed by atoms with E-state index in [0.717, 1.165) is 45.3 Å². The van der Waals surface area contributed by atoms with Crippen molar-refractivity contribution in [2.45, 2.75) is 45.6 Å². The van der Waals surface area contributed by atoms with Crippen molar-refractivity contribution in [1.29, 1.82) is 0 Å². The first-order chi connectivity index (χ1) is 9.66. The molecule has 2 fully saturated rings. The van der Waals surface area contributed by atoms with E-state index in [1.54, 1.807) is 0 Å². The van der Waals surface area contributed by atoms with Gasteiger partial charge in [0.15, 0.2) is 0 Å². The average molecular weight is 277 g/mol. The molecule has 0 unspecified atom stereocenters. The molecule has 1 aromatic rings. The normalized spacial score (nSPS) is 20.1. The summed E-state index contributed by atoms with van der Waals surface area (Å²) < 4.78 is 5.15. The standard InChI is InChI=1S/C15H23N3O2/c1-10-14(11(2)20-17-10)15(19)18(13-3-4-13)9-12-5-7-16-8-6-12/h12-13,16H,3-9H2,1-2H3. The van der Waals surface area contributed by atoms with Gasteiger partial charge in [0.2, 0.25) is 0 Å². The van der Waals surface area contributed by atoms with Crippen molar-refractivity contribution < 1.29 is 9.32 Å². The minimum atomic E-state index is 0.113. The molecule has 1 saturated heterocycles. The van der Waals surface area contributed by atoms with Gasteiger partial charge in [-0.3, -0.25) is 4.79 Å². The highest BCUT2D eigenvalue weighted by Gasteiger charge is 2.36. The van der Waals surface area contributed by atoms with Gasteiger partial charge >= 0.3 is 0 Å². The van der Waals surface area contributed by atoms with Crippen LogP contribution in [0.25, 0.3) is 0 Å². The van der Waals surface area contributed by atoms with Gasteiger partial charge < -0.3 is 14.7 Å². The molecule has 1 N–H and O–H groups in total. The Morgan fingerprint density at radius 2 is 2.00 bits per heavy atom. The Bertz CT molecular complexity index is 468. The van der Waals surface area contributed by atoms with Gasteiger partial charge in [-0.2, -0.15) is 0 Å². The van der Waals surface area contributed by atoms with Gasteiger partial charge in [0.25, 0.3) is 5.91 Å². The number of amides is 1. The van der Waals surface area contributed by atoms with Crippen molar-refractivity contribution >= 4 is 5.91 Å². The van der Waals surface area contributed by atoms with E-state index in [2.05, 4.69) is 15.4 Å². The third-order valence-electron chi connectivity index (χ3n) is 4.41. The first-order valence-corrected chi connectivity index (χ1v) is 7.61. The third kappa shape index (κ3) is 2.73. The average Bonchev–Trinajstić information content (AvgIpc) is 3.23. The van der Waals surface area contributed by atoms with E-state index in [1.165, 1.54) is 0 Å². The highest BCUT2D eigenvalue weighted by molar-refractivity contribution is 5.96. The molecule has 0 radical (unpaired) electrons. The van der Waals surface area contributed by atoms with E-state index in [0.29, 0.717) is 29.0 Å². The summed E-state index contributed by atoms with van der Waals surface area (Å²) in [5, 5.41) is 7.29. The van der Waals surface area contributed by atoms with Crippen molar-refractivity contribution in [2.75, 3.05) is 19.6 Å². The lowest BCUT2D eigenvalue weighted by molar-refractivity contribution is 0.0699. The molecule has 20 heavy (non-hydrogen) atoms. The molecule has 1 aliphatic heterocycles. The van der Waals surface area contributed by atoms with Crippen LogP contribution in [0.5, 0.6) is 0 Å². The largest absolute Gasteiger partial charge is 0.361 e. The van der Waals surface area contributed by atoms with E-state index in [9.17, 15) is 4.79 Å². The van der Waals surface area contributed by atoms with E-state index in [1.807, 2.05) is 13.8 Å². The van der Waals surface area contributed by atoms with E-state index in [-0.39, 0.29) is 5.91 Å². The molecular weight excluding hydrogens is 254 g/mol. The van der Waals surface area contributed by atoms with Crippen molar-refractivity contribution in [3.05, 3.63) is 17.0 Å². The number of carbonyl (C=O) groups is 1. The van der Waals surface area contributed by atoms with Crippen LogP contribution in [0.1, 0.15) is 47.5 Å². The number of aromatic nitrogens is 1. The molecule has 1 aromatic heterocycles. The Balaban J connectivity index is 1.74. The molecule has 0 aromatic carbocycles. The molecule has 2 aliphatic rings. The van der Waals surface area contributed by atoms with Crippen molar-refractivity contribution in [1.82, 2.24) is 15.4 Å². The predicted octanol–water partition coefficient (Wildman–Crippen LogP) is 1.90. The fourth-order valence-electron chi connectivity index (χ4n) is 3.06. The van der Waals surface area contributed by atoms with Gasteiger partial charge in [0.05, 0.1) is 5.69 Å². The SMILES string of the molecule is Cc1noc(C)c1C(=O)N(CC1CCNCC1)C1CC1. The van der Waals surface area contributed by atoms with Crippen LogP contribution in [-0.2, 0) is 0 Å². The van der Waals surface area contributed by atoms with Gasteiger partial charge in [0.1, 0.15) is 11.3 Å². The molecule has 1 aliphatic carbocycles. The van der Waals surface area contributed by atoms with E-state index >= 15 is 0 Å². The molecule has 1 amide bonds. The zero-order valence-corrected chi connectivity index (χ0v) is 12.3. The van der Waals surface area contributed by atoms with Gasteiger partial charge in [-0.25, -0.2) is 0 Å². The smallest absolute Gasteiger partial charge is 0.259 e. The molecule has 0 spiro atoms. The quantitative estimate of drug-likeness (QED) is 0.913. The number of aryl methyl sites for hydroxylation is 2. The fourth-order valence-corrected chi connectivity index (χ4v) is 3.06. The van der Waals surface area contributed by atoms with Crippen LogP contribution in [0.15, 0.2) is 4.52 Å². The molecule has 3 rings (SSSR count). The maximum absolute atomic E-state index is 12.8. The minimum absolute atomic E-state index is 0.113. The summed E-state index contributed by atoms with van der Waals surface area (Å²) in [5.41, 5.74) is 1.38. The van der Waals surface area contributed by atoms with Crippen LogP contribution in [0.3, 0.4) is 0 Å². The van der Waals surface area contributed by atoms with Gasteiger partial charge in [0, 0.05) is 12.6 Å². The molecule has 110 valence electrons. The Hall–Kier alpha value is -1.36. The number of nitrogens with one attached hydrogen (secondary N) is 1. The Morgan fingerprint density at radius 3 is 2.55 bits per heavy atom. The maximum Gasteiger partial charge on any atom is 0.259 e. The van der Waals surface area contributed by atoms with Crippen molar-refractivity contribution in [3.8, 4) is 0 Å². The summed E-state index contributed by atoms with van der Waals surface area (Å²) in [6, 6.07) is 0.436. The second-order valence-corrected chi connectivity index (χ2v) is 6.08. The molecular formula is C15H23N3O2. The lowest BCUT2D eigenvalue weighted by atomic mass is 9.97.